The molecule has 1 aromatic carbocycles. The van der Waals surface area contributed by atoms with Gasteiger partial charge in [-0.05, 0) is 43.4 Å². The van der Waals surface area contributed by atoms with Crippen LogP contribution in [0.3, 0.4) is 0 Å². The summed E-state index contributed by atoms with van der Waals surface area (Å²) in [5, 5.41) is 3.41. The molecule has 0 saturated carbocycles. The van der Waals surface area contributed by atoms with Crippen LogP contribution in [-0.2, 0) is 0 Å². The number of carbonyl (C=O) groups is 1. The molecular formula is C19H19N3O3S2. The normalized spacial score (nSPS) is 16.4. The van der Waals surface area contributed by atoms with Crippen LogP contribution in [0, 0.1) is 0 Å². The summed E-state index contributed by atoms with van der Waals surface area (Å²) >= 11 is 3.29. The number of thiazole rings is 1. The van der Waals surface area contributed by atoms with E-state index in [1.165, 1.54) is 11.3 Å². The van der Waals surface area contributed by atoms with E-state index in [-0.39, 0.29) is 12.0 Å². The second-order valence-corrected chi connectivity index (χ2v) is 8.20. The average molecular weight is 402 g/mol. The van der Waals surface area contributed by atoms with Gasteiger partial charge in [-0.25, -0.2) is 9.97 Å². The lowest BCUT2D eigenvalue weighted by molar-refractivity contribution is 0.102. The molecule has 27 heavy (non-hydrogen) atoms. The molecular weight excluding hydrogens is 382 g/mol. The van der Waals surface area contributed by atoms with Crippen LogP contribution in [0.2, 0.25) is 0 Å². The van der Waals surface area contributed by atoms with Crippen molar-refractivity contribution in [2.45, 2.75) is 19.4 Å². The molecule has 0 spiro atoms. The molecule has 1 fully saturated rings. The Hall–Kier alpha value is -2.32. The zero-order chi connectivity index (χ0) is 18.6. The first kappa shape index (κ1) is 18.1. The standard InChI is InChI=1S/C19H19N3O3S2/c1-2-24-13-3-4-15-16(10-13)27-19(21-15)22-18(23)12-5-7-20-17(9-12)25-14-6-8-26-11-14/h3-5,7,9-10,14H,2,6,8,11H2,1H3,(H,21,22,23). The predicted octanol–water partition coefficient (Wildman–Crippen LogP) is 4.23. The summed E-state index contributed by atoms with van der Waals surface area (Å²) in [6, 6.07) is 9.06. The number of hydrogen-bond acceptors (Lipinski definition) is 7. The fourth-order valence-electron chi connectivity index (χ4n) is 2.78. The number of nitrogens with zero attached hydrogens (tertiary/aromatic N) is 2. The number of rotatable bonds is 6. The Kier molecular flexibility index (Phi) is 5.45. The summed E-state index contributed by atoms with van der Waals surface area (Å²) in [5.41, 5.74) is 1.33. The Labute approximate surface area is 165 Å². The summed E-state index contributed by atoms with van der Waals surface area (Å²) in [6.45, 7) is 2.56. The smallest absolute Gasteiger partial charge is 0.257 e. The lowest BCUT2D eigenvalue weighted by Crippen LogP contribution is -2.17. The Morgan fingerprint density at radius 2 is 2.26 bits per heavy atom. The lowest BCUT2D eigenvalue weighted by Gasteiger charge is -2.11. The summed E-state index contributed by atoms with van der Waals surface area (Å²) in [7, 11) is 0. The van der Waals surface area contributed by atoms with Crippen LogP contribution in [0.1, 0.15) is 23.7 Å². The zero-order valence-corrected chi connectivity index (χ0v) is 16.4. The molecule has 1 aliphatic rings. The van der Waals surface area contributed by atoms with Crippen LogP contribution in [0.5, 0.6) is 11.6 Å². The summed E-state index contributed by atoms with van der Waals surface area (Å²) in [5.74, 6) is 3.13. The van der Waals surface area contributed by atoms with Gasteiger partial charge in [-0.2, -0.15) is 11.8 Å². The highest BCUT2D eigenvalue weighted by molar-refractivity contribution is 7.99. The van der Waals surface area contributed by atoms with Gasteiger partial charge >= 0.3 is 0 Å². The Balaban J connectivity index is 1.47. The quantitative estimate of drug-likeness (QED) is 0.666. The maximum absolute atomic E-state index is 12.6. The topological polar surface area (TPSA) is 73.3 Å². The Morgan fingerprint density at radius 3 is 3.07 bits per heavy atom. The van der Waals surface area contributed by atoms with Crippen molar-refractivity contribution in [3.63, 3.8) is 0 Å². The van der Waals surface area contributed by atoms with Crippen molar-refractivity contribution < 1.29 is 14.3 Å². The lowest BCUT2D eigenvalue weighted by atomic mass is 10.2. The molecule has 3 heterocycles. The van der Waals surface area contributed by atoms with Gasteiger partial charge < -0.3 is 9.47 Å². The van der Waals surface area contributed by atoms with E-state index >= 15 is 0 Å². The fraction of sp³-hybridized carbons (Fsp3) is 0.316. The van der Waals surface area contributed by atoms with E-state index in [1.807, 2.05) is 36.9 Å². The number of pyridine rings is 1. The van der Waals surface area contributed by atoms with Crippen LogP contribution < -0.4 is 14.8 Å². The van der Waals surface area contributed by atoms with Crippen molar-refractivity contribution in [2.24, 2.45) is 0 Å². The number of ether oxygens (including phenoxy) is 2. The van der Waals surface area contributed by atoms with Crippen molar-refractivity contribution in [1.82, 2.24) is 9.97 Å². The number of benzene rings is 1. The largest absolute Gasteiger partial charge is 0.494 e. The zero-order valence-electron chi connectivity index (χ0n) is 14.8. The maximum Gasteiger partial charge on any atom is 0.257 e. The molecule has 8 heteroatoms. The van der Waals surface area contributed by atoms with E-state index in [0.717, 1.165) is 33.9 Å². The minimum absolute atomic E-state index is 0.171. The number of nitrogens with one attached hydrogen (secondary N) is 1. The highest BCUT2D eigenvalue weighted by Crippen LogP contribution is 2.30. The van der Waals surface area contributed by atoms with E-state index in [1.54, 1.807) is 18.3 Å². The molecule has 2 aromatic heterocycles. The summed E-state index contributed by atoms with van der Waals surface area (Å²) in [6.07, 6.45) is 2.78. The van der Waals surface area contributed by atoms with Crippen LogP contribution in [0.15, 0.2) is 36.5 Å². The van der Waals surface area contributed by atoms with E-state index < -0.39 is 0 Å². The van der Waals surface area contributed by atoms with Crippen molar-refractivity contribution in [3.05, 3.63) is 42.1 Å². The molecule has 4 rings (SSSR count). The van der Waals surface area contributed by atoms with Crippen molar-refractivity contribution in [2.75, 3.05) is 23.4 Å². The molecule has 0 aliphatic carbocycles. The highest BCUT2D eigenvalue weighted by Gasteiger charge is 2.18. The summed E-state index contributed by atoms with van der Waals surface area (Å²) < 4.78 is 12.3. The molecule has 1 aliphatic heterocycles. The number of hydrogen-bond donors (Lipinski definition) is 1. The molecule has 0 radical (unpaired) electrons. The number of amides is 1. The SMILES string of the molecule is CCOc1ccc2nc(NC(=O)c3ccnc(OC4CCSC4)c3)sc2c1. The third-order valence-corrected chi connectivity index (χ3v) is 6.13. The first-order valence-corrected chi connectivity index (χ1v) is 10.7. The van der Waals surface area contributed by atoms with Gasteiger partial charge in [0, 0.05) is 23.6 Å². The van der Waals surface area contributed by atoms with Crippen LogP contribution in [0.25, 0.3) is 10.2 Å². The van der Waals surface area contributed by atoms with E-state index in [9.17, 15) is 4.79 Å². The van der Waals surface area contributed by atoms with Gasteiger partial charge in [-0.1, -0.05) is 11.3 Å². The number of aromatic nitrogens is 2. The monoisotopic (exact) mass is 401 g/mol. The third kappa shape index (κ3) is 4.33. The van der Waals surface area contributed by atoms with Gasteiger partial charge in [0.25, 0.3) is 5.91 Å². The molecule has 6 nitrogen and oxygen atoms in total. The molecule has 1 amide bonds. The predicted molar refractivity (Wildman–Crippen MR) is 109 cm³/mol. The molecule has 140 valence electrons. The molecule has 1 N–H and O–H groups in total. The highest BCUT2D eigenvalue weighted by atomic mass is 32.2. The second kappa shape index (κ2) is 8.14. The van der Waals surface area contributed by atoms with Gasteiger partial charge in [0.1, 0.15) is 11.9 Å². The van der Waals surface area contributed by atoms with Crippen LogP contribution >= 0.6 is 23.1 Å². The van der Waals surface area contributed by atoms with E-state index in [0.29, 0.717) is 23.2 Å². The van der Waals surface area contributed by atoms with Gasteiger partial charge in [-0.15, -0.1) is 0 Å². The molecule has 1 atom stereocenters. The van der Waals surface area contributed by atoms with Crippen molar-refractivity contribution in [1.29, 1.82) is 0 Å². The van der Waals surface area contributed by atoms with Gasteiger partial charge in [0.15, 0.2) is 5.13 Å². The minimum atomic E-state index is -0.230. The van der Waals surface area contributed by atoms with E-state index in [4.69, 9.17) is 9.47 Å². The Morgan fingerprint density at radius 1 is 1.33 bits per heavy atom. The first-order valence-electron chi connectivity index (χ1n) is 8.76. The van der Waals surface area contributed by atoms with Gasteiger partial charge in [-0.3, -0.25) is 10.1 Å². The Bertz CT molecular complexity index is 954. The number of fused-ring (bicyclic) bond motifs is 1. The molecule has 1 saturated heterocycles. The van der Waals surface area contributed by atoms with Gasteiger partial charge in [0.2, 0.25) is 5.88 Å². The van der Waals surface area contributed by atoms with Crippen molar-refractivity contribution in [3.8, 4) is 11.6 Å². The van der Waals surface area contributed by atoms with Gasteiger partial charge in [0.05, 0.1) is 16.8 Å². The van der Waals surface area contributed by atoms with Crippen LogP contribution in [0.4, 0.5) is 5.13 Å². The van der Waals surface area contributed by atoms with Crippen molar-refractivity contribution >= 4 is 44.4 Å². The average Bonchev–Trinajstić information content (AvgIpc) is 3.31. The second-order valence-electron chi connectivity index (χ2n) is 6.02. The number of carbonyl (C=O) groups excluding carboxylic acids is 1. The number of anilines is 1. The number of thioether (sulfide) groups is 1. The third-order valence-electron chi connectivity index (χ3n) is 4.06. The fourth-order valence-corrected chi connectivity index (χ4v) is 4.76. The maximum atomic E-state index is 12.6. The molecule has 0 bridgehead atoms. The van der Waals surface area contributed by atoms with Crippen LogP contribution in [-0.4, -0.2) is 40.1 Å². The first-order chi connectivity index (χ1) is 13.2. The minimum Gasteiger partial charge on any atom is -0.494 e. The summed E-state index contributed by atoms with van der Waals surface area (Å²) in [4.78, 5) is 21.3. The van der Waals surface area contributed by atoms with E-state index in [2.05, 4.69) is 15.3 Å². The molecule has 1 unspecified atom stereocenters. The molecule has 3 aromatic rings.